The second kappa shape index (κ2) is 10.7. The number of nitrogens with one attached hydrogen (secondary N) is 2. The van der Waals surface area contributed by atoms with Crippen molar-refractivity contribution in [1.82, 2.24) is 10.6 Å². The van der Waals surface area contributed by atoms with Gasteiger partial charge in [-0.1, -0.05) is 12.1 Å². The van der Waals surface area contributed by atoms with E-state index in [-0.39, 0.29) is 0 Å². The second-order valence-corrected chi connectivity index (χ2v) is 5.71. The Balaban J connectivity index is 1.84. The summed E-state index contributed by atoms with van der Waals surface area (Å²) in [6, 6.07) is 14.6. The lowest BCUT2D eigenvalue weighted by Gasteiger charge is -2.12. The molecule has 0 aliphatic carbocycles. The third-order valence-electron chi connectivity index (χ3n) is 3.70. The smallest absolute Gasteiger partial charge is 0.248 e. The Hall–Kier alpha value is -3.22. The molecule has 7 nitrogen and oxygen atoms in total. The molecule has 0 radical (unpaired) electrons. The molecule has 0 aliphatic heterocycles. The van der Waals surface area contributed by atoms with Crippen molar-refractivity contribution in [2.24, 2.45) is 10.7 Å². The fourth-order valence-electron chi connectivity index (χ4n) is 2.35. The van der Waals surface area contributed by atoms with Crippen molar-refractivity contribution in [2.45, 2.75) is 13.5 Å². The van der Waals surface area contributed by atoms with E-state index in [1.807, 2.05) is 37.3 Å². The highest BCUT2D eigenvalue weighted by molar-refractivity contribution is 5.92. The minimum absolute atomic E-state index is 0.440. The van der Waals surface area contributed by atoms with Gasteiger partial charge in [0.15, 0.2) is 5.96 Å². The average Bonchev–Trinajstić information content (AvgIpc) is 2.70. The first-order valence-electron chi connectivity index (χ1n) is 8.80. The highest BCUT2D eigenvalue weighted by Crippen LogP contribution is 2.16. The number of hydrogen-bond acceptors (Lipinski definition) is 4. The predicted molar refractivity (Wildman–Crippen MR) is 106 cm³/mol. The lowest BCUT2D eigenvalue weighted by Crippen LogP contribution is -2.39. The summed E-state index contributed by atoms with van der Waals surface area (Å²) in [5, 5.41) is 6.40. The van der Waals surface area contributed by atoms with Gasteiger partial charge in [0.05, 0.1) is 20.2 Å². The molecule has 0 saturated carbocycles. The van der Waals surface area contributed by atoms with Crippen LogP contribution in [0.1, 0.15) is 22.8 Å². The Kier molecular flexibility index (Phi) is 7.96. The van der Waals surface area contributed by atoms with Crippen molar-refractivity contribution in [3.05, 3.63) is 59.7 Å². The maximum Gasteiger partial charge on any atom is 0.248 e. The van der Waals surface area contributed by atoms with Gasteiger partial charge < -0.3 is 25.8 Å². The van der Waals surface area contributed by atoms with Gasteiger partial charge in [-0.3, -0.25) is 4.79 Å². The van der Waals surface area contributed by atoms with E-state index in [0.717, 1.165) is 23.6 Å². The van der Waals surface area contributed by atoms with Crippen LogP contribution >= 0.6 is 0 Å². The molecular weight excluding hydrogens is 344 g/mol. The molecule has 2 rings (SSSR count). The number of carbonyl (C=O) groups excluding carboxylic acids is 1. The zero-order chi connectivity index (χ0) is 19.5. The van der Waals surface area contributed by atoms with Gasteiger partial charge in [0.2, 0.25) is 5.91 Å². The number of ether oxygens (including phenoxy) is 2. The number of hydrogen-bond donors (Lipinski definition) is 3. The van der Waals surface area contributed by atoms with Crippen molar-refractivity contribution in [2.75, 3.05) is 26.8 Å². The number of guanidine groups is 1. The van der Waals surface area contributed by atoms with E-state index >= 15 is 0 Å². The van der Waals surface area contributed by atoms with E-state index in [2.05, 4.69) is 15.6 Å². The molecule has 27 heavy (non-hydrogen) atoms. The van der Waals surface area contributed by atoms with Crippen LogP contribution in [-0.4, -0.2) is 38.7 Å². The highest BCUT2D eigenvalue weighted by atomic mass is 16.5. The molecule has 0 saturated heterocycles. The number of rotatable bonds is 9. The number of aliphatic imine (C=N–C) groups is 1. The summed E-state index contributed by atoms with van der Waals surface area (Å²) in [6.07, 6.45) is 0. The number of nitrogens with zero attached hydrogens (tertiary/aromatic N) is 1. The Labute approximate surface area is 159 Å². The molecule has 7 heteroatoms. The van der Waals surface area contributed by atoms with Crippen molar-refractivity contribution in [1.29, 1.82) is 0 Å². The molecule has 2 aromatic rings. The van der Waals surface area contributed by atoms with Crippen LogP contribution in [0.4, 0.5) is 0 Å². The summed E-state index contributed by atoms with van der Waals surface area (Å²) >= 11 is 0. The Bertz CT molecular complexity index is 760. The molecule has 0 aliphatic rings. The summed E-state index contributed by atoms with van der Waals surface area (Å²) in [4.78, 5) is 15.8. The van der Waals surface area contributed by atoms with E-state index in [0.29, 0.717) is 31.2 Å². The highest BCUT2D eigenvalue weighted by Gasteiger charge is 2.02. The topological polar surface area (TPSA) is 98.0 Å². The minimum Gasteiger partial charge on any atom is -0.497 e. The van der Waals surface area contributed by atoms with Gasteiger partial charge in [-0.2, -0.15) is 0 Å². The SMILES string of the molecule is CCNC(=NCc1cccc(C(N)=O)c1)NCCOc1ccc(OC)cc1. The monoisotopic (exact) mass is 370 g/mol. The Morgan fingerprint density at radius 2 is 1.85 bits per heavy atom. The van der Waals surface area contributed by atoms with Gasteiger partial charge in [-0.25, -0.2) is 4.99 Å². The maximum absolute atomic E-state index is 11.3. The van der Waals surface area contributed by atoms with Gasteiger partial charge in [0.1, 0.15) is 18.1 Å². The van der Waals surface area contributed by atoms with E-state index < -0.39 is 5.91 Å². The van der Waals surface area contributed by atoms with Gasteiger partial charge in [-0.05, 0) is 48.9 Å². The third-order valence-corrected chi connectivity index (χ3v) is 3.70. The fraction of sp³-hybridized carbons (Fsp3) is 0.300. The van der Waals surface area contributed by atoms with E-state index in [4.69, 9.17) is 15.2 Å². The Morgan fingerprint density at radius 1 is 1.11 bits per heavy atom. The average molecular weight is 370 g/mol. The summed E-state index contributed by atoms with van der Waals surface area (Å²) < 4.78 is 10.8. The third kappa shape index (κ3) is 6.89. The van der Waals surface area contributed by atoms with Crippen LogP contribution in [0.2, 0.25) is 0 Å². The van der Waals surface area contributed by atoms with E-state index in [1.165, 1.54) is 0 Å². The molecule has 2 aromatic carbocycles. The molecule has 0 aromatic heterocycles. The quantitative estimate of drug-likeness (QED) is 0.356. The summed E-state index contributed by atoms with van der Waals surface area (Å²) in [7, 11) is 1.63. The largest absolute Gasteiger partial charge is 0.497 e. The Morgan fingerprint density at radius 3 is 2.52 bits per heavy atom. The fourth-order valence-corrected chi connectivity index (χ4v) is 2.35. The number of amides is 1. The van der Waals surface area contributed by atoms with Gasteiger partial charge in [0.25, 0.3) is 0 Å². The van der Waals surface area contributed by atoms with Gasteiger partial charge in [0, 0.05) is 12.1 Å². The van der Waals surface area contributed by atoms with Crippen LogP contribution in [0.25, 0.3) is 0 Å². The van der Waals surface area contributed by atoms with Crippen LogP contribution in [0, 0.1) is 0 Å². The lowest BCUT2D eigenvalue weighted by atomic mass is 10.1. The molecule has 144 valence electrons. The molecule has 4 N–H and O–H groups in total. The van der Waals surface area contributed by atoms with E-state index in [1.54, 1.807) is 25.3 Å². The first-order chi connectivity index (χ1) is 13.1. The standard InChI is InChI=1S/C20H26N4O3/c1-3-22-20(24-14-15-5-4-6-16(13-15)19(21)25)23-11-12-27-18-9-7-17(26-2)8-10-18/h4-10,13H,3,11-12,14H2,1-2H3,(H2,21,25)(H2,22,23,24). The van der Waals surface area contributed by atoms with Crippen molar-refractivity contribution in [3.63, 3.8) is 0 Å². The molecule has 0 bridgehead atoms. The molecule has 0 spiro atoms. The van der Waals surface area contributed by atoms with Gasteiger partial charge in [-0.15, -0.1) is 0 Å². The molecule has 0 unspecified atom stereocenters. The van der Waals surface area contributed by atoms with Gasteiger partial charge >= 0.3 is 0 Å². The van der Waals surface area contributed by atoms with Crippen LogP contribution in [0.5, 0.6) is 11.5 Å². The first kappa shape index (κ1) is 20.1. The zero-order valence-corrected chi connectivity index (χ0v) is 15.7. The number of methoxy groups -OCH3 is 1. The zero-order valence-electron chi connectivity index (χ0n) is 15.7. The van der Waals surface area contributed by atoms with E-state index in [9.17, 15) is 4.79 Å². The molecule has 0 heterocycles. The minimum atomic E-state index is -0.443. The van der Waals surface area contributed by atoms with Crippen LogP contribution in [-0.2, 0) is 6.54 Å². The van der Waals surface area contributed by atoms with Crippen LogP contribution < -0.4 is 25.8 Å². The van der Waals surface area contributed by atoms with Crippen LogP contribution in [0.3, 0.4) is 0 Å². The molecule has 1 amide bonds. The molecule has 0 fully saturated rings. The maximum atomic E-state index is 11.3. The normalized spacial score (nSPS) is 11.0. The first-order valence-corrected chi connectivity index (χ1v) is 8.80. The van der Waals surface area contributed by atoms with Crippen molar-refractivity contribution in [3.8, 4) is 11.5 Å². The number of benzene rings is 2. The summed E-state index contributed by atoms with van der Waals surface area (Å²) in [6.45, 7) is 4.27. The second-order valence-electron chi connectivity index (χ2n) is 5.71. The van der Waals surface area contributed by atoms with Crippen molar-refractivity contribution >= 4 is 11.9 Å². The molecular formula is C20H26N4O3. The van der Waals surface area contributed by atoms with Crippen molar-refractivity contribution < 1.29 is 14.3 Å². The number of primary amides is 1. The predicted octanol–water partition coefficient (Wildman–Crippen LogP) is 1.93. The summed E-state index contributed by atoms with van der Waals surface area (Å²) in [5.74, 6) is 1.81. The lowest BCUT2D eigenvalue weighted by molar-refractivity contribution is 0.1000. The molecule has 0 atom stereocenters. The number of carbonyl (C=O) groups is 1. The summed E-state index contributed by atoms with van der Waals surface area (Å²) in [5.41, 5.74) is 6.71. The number of nitrogens with two attached hydrogens (primary N) is 1. The van der Waals surface area contributed by atoms with Crippen LogP contribution in [0.15, 0.2) is 53.5 Å².